The van der Waals surface area contributed by atoms with Crippen molar-refractivity contribution in [3.8, 4) is 0 Å². The second kappa shape index (κ2) is 8.05. The van der Waals surface area contributed by atoms with Crippen molar-refractivity contribution in [2.24, 2.45) is 0 Å². The van der Waals surface area contributed by atoms with Gasteiger partial charge < -0.3 is 0 Å². The molecule has 0 aliphatic heterocycles. The Morgan fingerprint density at radius 2 is 1.89 bits per heavy atom. The molecule has 144 valence electrons. The van der Waals surface area contributed by atoms with Crippen LogP contribution in [0.1, 0.15) is 54.2 Å². The van der Waals surface area contributed by atoms with Crippen molar-refractivity contribution >= 4 is 44.3 Å². The quantitative estimate of drug-likeness (QED) is 0.581. The maximum atomic E-state index is 13.2. The molecule has 1 saturated carbocycles. The Bertz CT molecular complexity index is 1110. The lowest BCUT2D eigenvalue weighted by Crippen LogP contribution is -2.37. The number of fused-ring (bicyclic) bond motifs is 1. The minimum Gasteiger partial charge on any atom is -0.267 e. The van der Waals surface area contributed by atoms with Gasteiger partial charge in [0.1, 0.15) is 5.82 Å². The van der Waals surface area contributed by atoms with Gasteiger partial charge in [0.05, 0.1) is 21.5 Å². The number of hydrogen-bond acceptors (Lipinski definition) is 3. The highest BCUT2D eigenvalue weighted by Gasteiger charge is 2.24. The minimum atomic E-state index is -0.442. The first-order chi connectivity index (χ1) is 13.5. The molecule has 28 heavy (non-hydrogen) atoms. The molecule has 4 rings (SSSR count). The van der Waals surface area contributed by atoms with E-state index in [2.05, 4.69) is 21.4 Å². The van der Waals surface area contributed by atoms with Crippen LogP contribution in [0.4, 0.5) is 0 Å². The zero-order valence-electron chi connectivity index (χ0n) is 15.1. The number of benzene rings is 2. The van der Waals surface area contributed by atoms with Crippen molar-refractivity contribution in [1.82, 2.24) is 9.66 Å². The summed E-state index contributed by atoms with van der Waals surface area (Å²) >= 11 is 9.55. The van der Waals surface area contributed by atoms with Crippen molar-refractivity contribution in [1.29, 1.82) is 0 Å². The zero-order valence-corrected chi connectivity index (χ0v) is 17.5. The second-order valence-corrected chi connectivity index (χ2v) is 8.35. The monoisotopic (exact) mass is 459 g/mol. The van der Waals surface area contributed by atoms with Crippen LogP contribution >= 0.6 is 27.5 Å². The van der Waals surface area contributed by atoms with Gasteiger partial charge in [-0.1, -0.05) is 58.9 Å². The first-order valence-electron chi connectivity index (χ1n) is 9.32. The van der Waals surface area contributed by atoms with Crippen LogP contribution < -0.4 is 11.0 Å². The van der Waals surface area contributed by atoms with Gasteiger partial charge in [0.2, 0.25) is 0 Å². The van der Waals surface area contributed by atoms with Gasteiger partial charge in [-0.05, 0) is 43.2 Å². The van der Waals surface area contributed by atoms with Gasteiger partial charge in [-0.2, -0.15) is 0 Å². The molecule has 0 radical (unpaired) electrons. The lowest BCUT2D eigenvalue weighted by Gasteiger charge is -2.24. The van der Waals surface area contributed by atoms with E-state index in [0.29, 0.717) is 27.3 Å². The first kappa shape index (κ1) is 19.2. The van der Waals surface area contributed by atoms with E-state index in [1.807, 2.05) is 12.1 Å². The van der Waals surface area contributed by atoms with Crippen LogP contribution in [-0.2, 0) is 0 Å². The number of amides is 1. The third-order valence-corrected chi connectivity index (χ3v) is 5.98. The van der Waals surface area contributed by atoms with E-state index < -0.39 is 5.91 Å². The fraction of sp³-hybridized carbons (Fsp3) is 0.286. The number of aromatic nitrogens is 2. The highest BCUT2D eigenvalue weighted by Crippen LogP contribution is 2.31. The fourth-order valence-corrected chi connectivity index (χ4v) is 4.29. The van der Waals surface area contributed by atoms with Gasteiger partial charge in [-0.25, -0.2) is 9.66 Å². The van der Waals surface area contributed by atoms with Crippen molar-refractivity contribution in [2.45, 2.75) is 38.0 Å². The van der Waals surface area contributed by atoms with Crippen LogP contribution in [0.5, 0.6) is 0 Å². The van der Waals surface area contributed by atoms with Gasteiger partial charge >= 0.3 is 0 Å². The molecule has 1 amide bonds. The van der Waals surface area contributed by atoms with Crippen LogP contribution in [-0.4, -0.2) is 15.6 Å². The molecule has 2 aromatic carbocycles. The Labute approximate surface area is 175 Å². The number of halogens is 2. The maximum absolute atomic E-state index is 13.2. The number of nitrogens with one attached hydrogen (secondary N) is 1. The summed E-state index contributed by atoms with van der Waals surface area (Å²) in [7, 11) is 0. The normalized spacial score (nSPS) is 14.9. The van der Waals surface area contributed by atoms with Crippen molar-refractivity contribution in [3.63, 3.8) is 0 Å². The van der Waals surface area contributed by atoms with E-state index in [4.69, 9.17) is 16.6 Å². The fourth-order valence-electron chi connectivity index (χ4n) is 3.73. The predicted octanol–water partition coefficient (Wildman–Crippen LogP) is 5.24. The second-order valence-electron chi connectivity index (χ2n) is 7.03. The molecule has 1 aliphatic rings. The number of para-hydroxylation sites is 1. The standard InChI is InChI=1S/C21H19BrClN3O2/c22-14-10-11-17(23)16(12-14)20(27)25-26-19(13-6-2-1-3-7-13)24-18-9-5-4-8-15(18)21(26)28/h4-5,8-13H,1-3,6-7H2,(H,25,27). The van der Waals surface area contributed by atoms with Gasteiger partial charge in [0, 0.05) is 10.4 Å². The number of carbonyl (C=O) groups is 1. The zero-order chi connectivity index (χ0) is 19.7. The average molecular weight is 461 g/mol. The summed E-state index contributed by atoms with van der Waals surface area (Å²) < 4.78 is 2.05. The van der Waals surface area contributed by atoms with Gasteiger partial charge in [0.15, 0.2) is 0 Å². The van der Waals surface area contributed by atoms with Crippen molar-refractivity contribution < 1.29 is 4.79 Å². The van der Waals surface area contributed by atoms with Crippen LogP contribution in [0.15, 0.2) is 51.7 Å². The highest BCUT2D eigenvalue weighted by atomic mass is 79.9. The van der Waals surface area contributed by atoms with E-state index in [1.54, 1.807) is 30.3 Å². The molecule has 0 spiro atoms. The predicted molar refractivity (Wildman–Crippen MR) is 115 cm³/mol. The summed E-state index contributed by atoms with van der Waals surface area (Å²) in [5.41, 5.74) is 3.43. The lowest BCUT2D eigenvalue weighted by atomic mass is 9.88. The van der Waals surface area contributed by atoms with E-state index in [1.165, 1.54) is 11.1 Å². The molecule has 0 unspecified atom stereocenters. The third kappa shape index (κ3) is 3.71. The van der Waals surface area contributed by atoms with E-state index >= 15 is 0 Å². The number of carbonyl (C=O) groups excluding carboxylic acids is 1. The van der Waals surface area contributed by atoms with Gasteiger partial charge in [-0.15, -0.1) is 0 Å². The molecule has 0 atom stereocenters. The van der Waals surface area contributed by atoms with Crippen molar-refractivity contribution in [2.75, 3.05) is 5.43 Å². The summed E-state index contributed by atoms with van der Waals surface area (Å²) in [5, 5.41) is 0.796. The Balaban J connectivity index is 1.82. The smallest absolute Gasteiger partial charge is 0.267 e. The minimum absolute atomic E-state index is 0.143. The van der Waals surface area contributed by atoms with E-state index in [-0.39, 0.29) is 11.5 Å². The van der Waals surface area contributed by atoms with Gasteiger partial charge in [-0.3, -0.25) is 15.0 Å². The summed E-state index contributed by atoms with van der Waals surface area (Å²) in [5.74, 6) is 0.315. The number of nitrogens with zero attached hydrogens (tertiary/aromatic N) is 2. The molecular formula is C21H19BrClN3O2. The molecule has 1 aromatic heterocycles. The van der Waals surface area contributed by atoms with Crippen LogP contribution in [0.3, 0.4) is 0 Å². The largest absolute Gasteiger partial charge is 0.280 e. The summed E-state index contributed by atoms with van der Waals surface area (Å²) in [6, 6.07) is 12.3. The SMILES string of the molecule is O=C(Nn1c(C2CCCCC2)nc2ccccc2c1=O)c1cc(Br)ccc1Cl. The van der Waals surface area contributed by atoms with E-state index in [0.717, 1.165) is 30.2 Å². The topological polar surface area (TPSA) is 64.0 Å². The van der Waals surface area contributed by atoms with Crippen LogP contribution in [0.25, 0.3) is 10.9 Å². The van der Waals surface area contributed by atoms with Gasteiger partial charge in [0.25, 0.3) is 11.5 Å². The average Bonchev–Trinajstić information content (AvgIpc) is 2.72. The molecule has 1 fully saturated rings. The molecular weight excluding hydrogens is 442 g/mol. The molecule has 1 aliphatic carbocycles. The Morgan fingerprint density at radius 1 is 1.14 bits per heavy atom. The maximum Gasteiger partial charge on any atom is 0.280 e. The Kier molecular flexibility index (Phi) is 5.51. The third-order valence-electron chi connectivity index (χ3n) is 5.16. The molecule has 7 heteroatoms. The molecule has 1 heterocycles. The Hall–Kier alpha value is -2.18. The van der Waals surface area contributed by atoms with Crippen molar-refractivity contribution in [3.05, 3.63) is 73.7 Å². The summed E-state index contributed by atoms with van der Waals surface area (Å²) in [6.45, 7) is 0. The van der Waals surface area contributed by atoms with Crippen LogP contribution in [0.2, 0.25) is 5.02 Å². The summed E-state index contributed by atoms with van der Waals surface area (Å²) in [4.78, 5) is 30.8. The number of hydrogen-bond donors (Lipinski definition) is 1. The molecule has 1 N–H and O–H groups in total. The lowest BCUT2D eigenvalue weighted by molar-refractivity contribution is 0.101. The van der Waals surface area contributed by atoms with E-state index in [9.17, 15) is 9.59 Å². The molecule has 5 nitrogen and oxygen atoms in total. The molecule has 3 aromatic rings. The molecule has 0 bridgehead atoms. The number of rotatable bonds is 3. The molecule has 0 saturated heterocycles. The van der Waals surface area contributed by atoms with Crippen LogP contribution in [0, 0.1) is 0 Å². The highest BCUT2D eigenvalue weighted by molar-refractivity contribution is 9.10. The Morgan fingerprint density at radius 3 is 2.68 bits per heavy atom. The first-order valence-corrected chi connectivity index (χ1v) is 10.5. The summed E-state index contributed by atoms with van der Waals surface area (Å²) in [6.07, 6.45) is 5.29.